The molecule has 0 aromatic rings. The quantitative estimate of drug-likeness (QED) is 0.603. The zero-order chi connectivity index (χ0) is 13.1. The van der Waals surface area contributed by atoms with E-state index in [-0.39, 0.29) is 11.3 Å². The van der Waals surface area contributed by atoms with Crippen LogP contribution in [0.1, 0.15) is 46.5 Å². The standard InChI is InChI=1S/C13H25N3O/c1-4-8-16-12(17)6-10-15-9-5-7-13(2,3)11-14/h15H,4-10H2,1-3H3,(H,16,17). The Morgan fingerprint density at radius 1 is 1.29 bits per heavy atom. The summed E-state index contributed by atoms with van der Waals surface area (Å²) in [6, 6.07) is 2.28. The zero-order valence-corrected chi connectivity index (χ0v) is 11.3. The highest BCUT2D eigenvalue weighted by atomic mass is 16.1. The number of carbonyl (C=O) groups excluding carboxylic acids is 1. The van der Waals surface area contributed by atoms with Crippen molar-refractivity contribution < 1.29 is 4.79 Å². The third-order valence-electron chi connectivity index (χ3n) is 2.56. The molecule has 0 rings (SSSR count). The second-order valence-electron chi connectivity index (χ2n) is 4.95. The SMILES string of the molecule is CCCNC(=O)CCNCCCC(C)(C)C#N. The van der Waals surface area contributed by atoms with Crippen LogP contribution in [0.3, 0.4) is 0 Å². The molecular weight excluding hydrogens is 214 g/mol. The van der Waals surface area contributed by atoms with Crippen LogP contribution in [0.4, 0.5) is 0 Å². The minimum absolute atomic E-state index is 0.108. The fourth-order valence-corrected chi connectivity index (χ4v) is 1.39. The number of hydrogen-bond donors (Lipinski definition) is 2. The van der Waals surface area contributed by atoms with Gasteiger partial charge in [-0.3, -0.25) is 4.79 Å². The van der Waals surface area contributed by atoms with Gasteiger partial charge in [0.2, 0.25) is 5.91 Å². The van der Waals surface area contributed by atoms with Gasteiger partial charge in [-0.25, -0.2) is 0 Å². The van der Waals surface area contributed by atoms with Crippen molar-refractivity contribution in [3.63, 3.8) is 0 Å². The van der Waals surface area contributed by atoms with E-state index < -0.39 is 0 Å². The monoisotopic (exact) mass is 239 g/mol. The Hall–Kier alpha value is -1.08. The van der Waals surface area contributed by atoms with Gasteiger partial charge in [-0.15, -0.1) is 0 Å². The molecule has 0 unspecified atom stereocenters. The minimum atomic E-state index is -0.236. The average Bonchev–Trinajstić information content (AvgIpc) is 2.31. The van der Waals surface area contributed by atoms with Crippen LogP contribution in [-0.4, -0.2) is 25.5 Å². The number of amides is 1. The highest BCUT2D eigenvalue weighted by molar-refractivity contribution is 5.75. The molecule has 0 radical (unpaired) electrons. The van der Waals surface area contributed by atoms with Crippen molar-refractivity contribution in [2.24, 2.45) is 5.41 Å². The topological polar surface area (TPSA) is 64.9 Å². The van der Waals surface area contributed by atoms with Crippen LogP contribution in [0.2, 0.25) is 0 Å². The molecule has 0 fully saturated rings. The second kappa shape index (κ2) is 9.00. The van der Waals surface area contributed by atoms with Crippen LogP contribution in [0.5, 0.6) is 0 Å². The van der Waals surface area contributed by atoms with Gasteiger partial charge in [-0.05, 0) is 39.7 Å². The van der Waals surface area contributed by atoms with Gasteiger partial charge in [-0.2, -0.15) is 5.26 Å². The first-order valence-electron chi connectivity index (χ1n) is 6.40. The molecule has 4 heteroatoms. The van der Waals surface area contributed by atoms with Gasteiger partial charge in [0.25, 0.3) is 0 Å². The van der Waals surface area contributed by atoms with Crippen molar-refractivity contribution in [2.45, 2.75) is 46.5 Å². The number of nitrogens with one attached hydrogen (secondary N) is 2. The van der Waals surface area contributed by atoms with Crippen molar-refractivity contribution in [2.75, 3.05) is 19.6 Å². The van der Waals surface area contributed by atoms with Crippen LogP contribution in [0.25, 0.3) is 0 Å². The molecule has 0 heterocycles. The molecule has 0 spiro atoms. The number of carbonyl (C=O) groups is 1. The van der Waals surface area contributed by atoms with E-state index in [1.165, 1.54) is 0 Å². The Labute approximate surface area is 105 Å². The van der Waals surface area contributed by atoms with Crippen LogP contribution in [0, 0.1) is 16.7 Å². The molecule has 0 aliphatic heterocycles. The lowest BCUT2D eigenvalue weighted by Gasteiger charge is -2.14. The molecule has 0 aromatic heterocycles. The summed E-state index contributed by atoms with van der Waals surface area (Å²) < 4.78 is 0. The smallest absolute Gasteiger partial charge is 0.221 e. The van der Waals surface area contributed by atoms with Crippen molar-refractivity contribution >= 4 is 5.91 Å². The third kappa shape index (κ3) is 9.83. The Morgan fingerprint density at radius 3 is 2.59 bits per heavy atom. The van der Waals surface area contributed by atoms with Gasteiger partial charge < -0.3 is 10.6 Å². The lowest BCUT2D eigenvalue weighted by Crippen LogP contribution is -2.28. The molecule has 0 bridgehead atoms. The van der Waals surface area contributed by atoms with Crippen LogP contribution < -0.4 is 10.6 Å². The lowest BCUT2D eigenvalue weighted by molar-refractivity contribution is -0.120. The van der Waals surface area contributed by atoms with E-state index in [2.05, 4.69) is 16.7 Å². The molecule has 2 N–H and O–H groups in total. The van der Waals surface area contributed by atoms with Crippen LogP contribution in [-0.2, 0) is 4.79 Å². The van der Waals surface area contributed by atoms with Crippen LogP contribution >= 0.6 is 0 Å². The maximum Gasteiger partial charge on any atom is 0.221 e. The van der Waals surface area contributed by atoms with E-state index in [4.69, 9.17) is 5.26 Å². The summed E-state index contributed by atoms with van der Waals surface area (Å²) in [5.41, 5.74) is -0.236. The Kier molecular flexibility index (Phi) is 8.43. The number of rotatable bonds is 9. The summed E-state index contributed by atoms with van der Waals surface area (Å²) in [6.45, 7) is 8.27. The predicted octanol–water partition coefficient (Wildman–Crippen LogP) is 1.82. The average molecular weight is 239 g/mol. The van der Waals surface area contributed by atoms with Crippen LogP contribution in [0.15, 0.2) is 0 Å². The summed E-state index contributed by atoms with van der Waals surface area (Å²) in [6.07, 6.45) is 3.36. The highest BCUT2D eigenvalue weighted by Crippen LogP contribution is 2.19. The Balaban J connectivity index is 3.36. The van der Waals surface area contributed by atoms with Gasteiger partial charge in [0, 0.05) is 19.5 Å². The maximum absolute atomic E-state index is 11.2. The summed E-state index contributed by atoms with van der Waals surface area (Å²) in [5.74, 6) is 0.108. The molecule has 0 atom stereocenters. The molecule has 0 saturated heterocycles. The molecule has 0 aromatic carbocycles. The fraction of sp³-hybridized carbons (Fsp3) is 0.846. The third-order valence-corrected chi connectivity index (χ3v) is 2.56. The lowest BCUT2D eigenvalue weighted by atomic mass is 9.90. The largest absolute Gasteiger partial charge is 0.356 e. The summed E-state index contributed by atoms with van der Waals surface area (Å²) >= 11 is 0. The van der Waals surface area contributed by atoms with Crippen molar-refractivity contribution in [3.05, 3.63) is 0 Å². The highest BCUT2D eigenvalue weighted by Gasteiger charge is 2.15. The van der Waals surface area contributed by atoms with Gasteiger partial charge in [-0.1, -0.05) is 6.92 Å². The molecule has 0 aliphatic carbocycles. The summed E-state index contributed by atoms with van der Waals surface area (Å²) in [4.78, 5) is 11.2. The Morgan fingerprint density at radius 2 is 2.00 bits per heavy atom. The Bertz CT molecular complexity index is 256. The van der Waals surface area contributed by atoms with Crippen molar-refractivity contribution in [1.29, 1.82) is 5.26 Å². The predicted molar refractivity (Wildman–Crippen MR) is 69.4 cm³/mol. The van der Waals surface area contributed by atoms with Crippen molar-refractivity contribution in [3.8, 4) is 6.07 Å². The van der Waals surface area contributed by atoms with E-state index in [0.29, 0.717) is 13.0 Å². The molecule has 0 saturated carbocycles. The minimum Gasteiger partial charge on any atom is -0.356 e. The van der Waals surface area contributed by atoms with Gasteiger partial charge in [0.15, 0.2) is 0 Å². The van der Waals surface area contributed by atoms with E-state index in [0.717, 1.165) is 32.4 Å². The molecule has 98 valence electrons. The summed E-state index contributed by atoms with van der Waals surface area (Å²) in [5, 5.41) is 14.9. The molecule has 0 aliphatic rings. The maximum atomic E-state index is 11.2. The molecule has 1 amide bonds. The van der Waals surface area contributed by atoms with Gasteiger partial charge in [0.05, 0.1) is 11.5 Å². The van der Waals surface area contributed by atoms with E-state index in [9.17, 15) is 4.79 Å². The first-order chi connectivity index (χ1) is 8.02. The van der Waals surface area contributed by atoms with E-state index >= 15 is 0 Å². The normalized spacial score (nSPS) is 10.9. The fourth-order valence-electron chi connectivity index (χ4n) is 1.39. The molecule has 4 nitrogen and oxygen atoms in total. The molecule has 17 heavy (non-hydrogen) atoms. The van der Waals surface area contributed by atoms with Gasteiger partial charge >= 0.3 is 0 Å². The molecular formula is C13H25N3O. The van der Waals surface area contributed by atoms with Gasteiger partial charge in [0.1, 0.15) is 0 Å². The number of hydrogen-bond acceptors (Lipinski definition) is 3. The first kappa shape index (κ1) is 15.9. The summed E-state index contributed by atoms with van der Waals surface area (Å²) in [7, 11) is 0. The van der Waals surface area contributed by atoms with Crippen molar-refractivity contribution in [1.82, 2.24) is 10.6 Å². The first-order valence-corrected chi connectivity index (χ1v) is 6.40. The number of nitriles is 1. The van der Waals surface area contributed by atoms with E-state index in [1.807, 2.05) is 20.8 Å². The zero-order valence-electron chi connectivity index (χ0n) is 11.3. The number of nitrogens with zero attached hydrogens (tertiary/aromatic N) is 1. The van der Waals surface area contributed by atoms with E-state index in [1.54, 1.807) is 0 Å². The second-order valence-corrected chi connectivity index (χ2v) is 4.95.